The molecule has 0 amide bonds. The summed E-state index contributed by atoms with van der Waals surface area (Å²) in [5.41, 5.74) is 5.73. The van der Waals surface area contributed by atoms with Gasteiger partial charge in [-0.1, -0.05) is 120 Å². The zero-order valence-electron chi connectivity index (χ0n) is 54.8. The van der Waals surface area contributed by atoms with Crippen molar-refractivity contribution in [1.29, 1.82) is 0 Å². The Balaban J connectivity index is 0.000000167. The maximum Gasteiger partial charge on any atom is 0.134 e. The Kier molecular flexibility index (Phi) is 25.3. The van der Waals surface area contributed by atoms with Gasteiger partial charge in [-0.3, -0.25) is 0 Å². The van der Waals surface area contributed by atoms with E-state index < -0.39 is 63.7 Å². The van der Waals surface area contributed by atoms with Crippen molar-refractivity contribution in [3.63, 3.8) is 0 Å². The Morgan fingerprint density at radius 3 is 1.04 bits per heavy atom. The number of ether oxygens (including phenoxy) is 3. The summed E-state index contributed by atoms with van der Waals surface area (Å²) >= 11 is 0. The molecular formula is C82H90F10O3. The molecule has 0 N–H and O–H groups in total. The maximum absolute atomic E-state index is 14.9. The van der Waals surface area contributed by atoms with Crippen LogP contribution in [0.2, 0.25) is 0 Å². The molecule has 0 spiro atoms. The minimum absolute atomic E-state index is 0. The van der Waals surface area contributed by atoms with Gasteiger partial charge in [0, 0.05) is 34.4 Å². The van der Waals surface area contributed by atoms with Gasteiger partial charge < -0.3 is 14.2 Å². The van der Waals surface area contributed by atoms with Crippen LogP contribution in [0, 0.1) is 103 Å². The lowest BCUT2D eigenvalue weighted by Crippen LogP contribution is -2.34. The third-order valence-corrected chi connectivity index (χ3v) is 20.0. The summed E-state index contributed by atoms with van der Waals surface area (Å²) in [6.45, 7) is 13.1. The van der Waals surface area contributed by atoms with E-state index in [4.69, 9.17) is 14.2 Å². The van der Waals surface area contributed by atoms with Crippen LogP contribution < -0.4 is 0 Å². The topological polar surface area (TPSA) is 27.7 Å². The summed E-state index contributed by atoms with van der Waals surface area (Å²) in [6.07, 6.45) is 18.9. The summed E-state index contributed by atoms with van der Waals surface area (Å²) in [5.74, 6) is -4.05. The van der Waals surface area contributed by atoms with E-state index in [0.29, 0.717) is 46.5 Å². The van der Waals surface area contributed by atoms with Gasteiger partial charge >= 0.3 is 0 Å². The number of hydrogen-bond acceptors (Lipinski definition) is 3. The first kappa shape index (κ1) is 72.2. The highest BCUT2D eigenvalue weighted by Crippen LogP contribution is 2.43. The standard InChI is InChI=1S/C27H26F4O.C27H33F3O.C27H27F3O.CH4/c1-3-4-17-5-10-26(32-15-17)19-8-6-18(7-9-19)20-11-24(30)27(25(31)12-20)21-13-22(28)16(2)23(29)14-21;2*1-3-4-18-5-12-27(31-16-18)20-8-6-19(7-9-20)21-10-11-23(26(30)13-21)22-14-24(28)17(2)25(29)15-22;/h6-9,11-14,17,26H,3-5,10,15H2,1-2H3;10-11,13-15,18-20,27H,3-9,12,16H2,1-2H3;6-11,13-15,18,27H,3-5,12,16H2,1-2H3;1H4. The van der Waals surface area contributed by atoms with E-state index in [1.54, 1.807) is 24.3 Å². The predicted octanol–water partition coefficient (Wildman–Crippen LogP) is 24.8. The fourth-order valence-corrected chi connectivity index (χ4v) is 14.2. The minimum atomic E-state index is -0.871. The van der Waals surface area contributed by atoms with Gasteiger partial charge in [-0.05, 0) is 250 Å². The smallest absolute Gasteiger partial charge is 0.134 e. The molecule has 4 aliphatic rings. The first-order valence-electron chi connectivity index (χ1n) is 33.8. The molecule has 0 aromatic heterocycles. The molecular weight excluding hydrogens is 1220 g/mol. The minimum Gasteiger partial charge on any atom is -0.378 e. The van der Waals surface area contributed by atoms with E-state index in [1.165, 1.54) is 115 Å². The van der Waals surface area contributed by atoms with Gasteiger partial charge in [0.25, 0.3) is 0 Å². The fraction of sp³-hybridized carbons (Fsp3) is 0.415. The van der Waals surface area contributed by atoms with Crippen molar-refractivity contribution in [3.8, 4) is 55.6 Å². The molecule has 95 heavy (non-hydrogen) atoms. The van der Waals surface area contributed by atoms with E-state index in [9.17, 15) is 43.9 Å². The average Bonchev–Trinajstić information content (AvgIpc) is 0.829. The molecule has 0 radical (unpaired) electrons. The molecule has 13 heteroatoms. The van der Waals surface area contributed by atoms with Crippen molar-refractivity contribution in [2.45, 2.75) is 176 Å². The first-order valence-corrected chi connectivity index (χ1v) is 33.8. The third kappa shape index (κ3) is 17.8. The molecule has 1 saturated carbocycles. The summed E-state index contributed by atoms with van der Waals surface area (Å²) in [6, 6.07) is 34.4. The molecule has 6 atom stereocenters. The predicted molar refractivity (Wildman–Crippen MR) is 362 cm³/mol. The highest BCUT2D eigenvalue weighted by atomic mass is 19.2. The molecule has 3 nitrogen and oxygen atoms in total. The Morgan fingerprint density at radius 1 is 0.316 bits per heavy atom. The molecule has 8 aromatic carbocycles. The molecule has 8 aromatic rings. The van der Waals surface area contributed by atoms with Crippen LogP contribution in [-0.2, 0) is 14.2 Å². The first-order chi connectivity index (χ1) is 45.3. The van der Waals surface area contributed by atoms with Crippen LogP contribution >= 0.6 is 0 Å². The number of hydrogen-bond donors (Lipinski definition) is 0. The average molecular weight is 1310 g/mol. The van der Waals surface area contributed by atoms with Gasteiger partial charge in [-0.15, -0.1) is 0 Å². The Morgan fingerprint density at radius 2 is 0.663 bits per heavy atom. The number of halogens is 10. The largest absolute Gasteiger partial charge is 0.378 e. The van der Waals surface area contributed by atoms with E-state index in [-0.39, 0.29) is 64.1 Å². The third-order valence-electron chi connectivity index (χ3n) is 20.0. The lowest BCUT2D eigenvalue weighted by molar-refractivity contribution is -0.0575. The Labute approximate surface area is 555 Å². The van der Waals surface area contributed by atoms with Gasteiger partial charge in [-0.2, -0.15) is 0 Å². The van der Waals surface area contributed by atoms with Crippen LogP contribution in [0.3, 0.4) is 0 Å². The molecule has 0 bridgehead atoms. The second-order valence-corrected chi connectivity index (χ2v) is 26.5. The lowest BCUT2D eigenvalue weighted by Gasteiger charge is -2.38. The van der Waals surface area contributed by atoms with Gasteiger partial charge in [0.1, 0.15) is 58.2 Å². The zero-order chi connectivity index (χ0) is 66.7. The summed E-state index contributed by atoms with van der Waals surface area (Å²) in [4.78, 5) is 0. The van der Waals surface area contributed by atoms with Crippen LogP contribution in [0.4, 0.5) is 43.9 Å². The van der Waals surface area contributed by atoms with Crippen molar-refractivity contribution in [3.05, 3.63) is 225 Å². The second-order valence-electron chi connectivity index (χ2n) is 26.5. The second kappa shape index (κ2) is 33.3. The molecule has 3 saturated heterocycles. The molecule has 4 fully saturated rings. The van der Waals surface area contributed by atoms with E-state index in [0.717, 1.165) is 111 Å². The number of rotatable bonds is 15. The van der Waals surface area contributed by atoms with Gasteiger partial charge in [0.05, 0.1) is 37.1 Å². The molecule has 3 aliphatic heterocycles. The normalized spacial score (nSPS) is 21.2. The van der Waals surface area contributed by atoms with Crippen LogP contribution in [0.15, 0.2) is 133 Å². The zero-order valence-corrected chi connectivity index (χ0v) is 54.8. The van der Waals surface area contributed by atoms with E-state index in [1.807, 2.05) is 54.6 Å². The van der Waals surface area contributed by atoms with E-state index in [2.05, 4.69) is 20.8 Å². The van der Waals surface area contributed by atoms with Crippen molar-refractivity contribution >= 4 is 0 Å². The monoisotopic (exact) mass is 1310 g/mol. The highest BCUT2D eigenvalue weighted by Gasteiger charge is 2.33. The number of benzene rings is 8. The van der Waals surface area contributed by atoms with Crippen molar-refractivity contribution in [1.82, 2.24) is 0 Å². The SMILES string of the molecule is C.CCCC1CCC(C2CCC(c3ccc(-c4cc(F)c(C)c(F)c4)c(F)c3)CC2)OC1.CCCC1CCC(c2ccc(-c3cc(F)c(-c4cc(F)c(C)c(F)c4)c(F)c3)cc2)OC1.CCCC1CCC(c2ccc(-c3ccc(-c4cc(F)c(C)c(F)c4)c(F)c3)cc2)OC1. The van der Waals surface area contributed by atoms with Gasteiger partial charge in [-0.25, -0.2) is 43.9 Å². The molecule has 506 valence electrons. The highest BCUT2D eigenvalue weighted by molar-refractivity contribution is 5.74. The quantitative estimate of drug-likeness (QED) is 0.0958. The maximum atomic E-state index is 14.9. The Hall–Kier alpha value is -7.06. The molecule has 12 rings (SSSR count). The van der Waals surface area contributed by atoms with Crippen LogP contribution in [0.1, 0.15) is 182 Å². The van der Waals surface area contributed by atoms with Crippen LogP contribution in [0.5, 0.6) is 0 Å². The van der Waals surface area contributed by atoms with Crippen LogP contribution in [-0.4, -0.2) is 25.9 Å². The van der Waals surface area contributed by atoms with Crippen molar-refractivity contribution in [2.75, 3.05) is 19.8 Å². The molecule has 1 aliphatic carbocycles. The van der Waals surface area contributed by atoms with E-state index >= 15 is 0 Å². The van der Waals surface area contributed by atoms with Gasteiger partial charge in [0.15, 0.2) is 0 Å². The van der Waals surface area contributed by atoms with Crippen LogP contribution in [0.25, 0.3) is 55.6 Å². The Bertz CT molecular complexity index is 3740. The molecule has 6 unspecified atom stereocenters. The summed E-state index contributed by atoms with van der Waals surface area (Å²) < 4.78 is 161. The van der Waals surface area contributed by atoms with Crippen molar-refractivity contribution < 1.29 is 58.1 Å². The van der Waals surface area contributed by atoms with Crippen molar-refractivity contribution in [2.24, 2.45) is 23.7 Å². The van der Waals surface area contributed by atoms with Gasteiger partial charge in [0.2, 0.25) is 0 Å². The summed E-state index contributed by atoms with van der Waals surface area (Å²) in [5, 5.41) is 0. The summed E-state index contributed by atoms with van der Waals surface area (Å²) in [7, 11) is 0. The fourth-order valence-electron chi connectivity index (χ4n) is 14.2. The molecule has 3 heterocycles. The lowest BCUT2D eigenvalue weighted by atomic mass is 9.75.